The predicted molar refractivity (Wildman–Crippen MR) is 102 cm³/mol. The van der Waals surface area contributed by atoms with Crippen LogP contribution in [0.2, 0.25) is 0 Å². The monoisotopic (exact) mass is 356 g/mol. The Hall–Kier alpha value is -2.08. The first-order valence-corrected chi connectivity index (χ1v) is 9.57. The van der Waals surface area contributed by atoms with Crippen LogP contribution in [0.25, 0.3) is 11.0 Å². The lowest BCUT2D eigenvalue weighted by molar-refractivity contribution is -0.141. The molecule has 0 saturated carbocycles. The molecule has 0 bridgehead atoms. The summed E-state index contributed by atoms with van der Waals surface area (Å²) in [6.07, 6.45) is 4.03. The molecule has 26 heavy (non-hydrogen) atoms. The highest BCUT2D eigenvalue weighted by Gasteiger charge is 2.37. The number of benzene rings is 1. The Labute approximate surface area is 154 Å². The molecule has 0 spiro atoms. The lowest BCUT2D eigenvalue weighted by Crippen LogP contribution is -2.40. The van der Waals surface area contributed by atoms with E-state index in [4.69, 9.17) is 9.72 Å². The number of rotatable bonds is 3. The normalized spacial score (nSPS) is 24.3. The van der Waals surface area contributed by atoms with Gasteiger partial charge in [0, 0.05) is 34.2 Å². The zero-order chi connectivity index (χ0) is 18.3. The minimum absolute atomic E-state index is 0.102. The Morgan fingerprint density at radius 1 is 1.15 bits per heavy atom. The summed E-state index contributed by atoms with van der Waals surface area (Å²) < 4.78 is 8.29. The first kappa shape index (κ1) is 17.3. The van der Waals surface area contributed by atoms with Crippen LogP contribution < -0.4 is 4.90 Å². The SMILES string of the molecule is CN(C)C(=O)[C@H]1CC[C@@H](C2CCN(c3nc4ccccc4n3C)CC2)O1. The molecule has 140 valence electrons. The fourth-order valence-corrected chi connectivity index (χ4v) is 4.37. The van der Waals surface area contributed by atoms with Crippen LogP contribution >= 0.6 is 0 Å². The molecule has 0 aliphatic carbocycles. The number of likely N-dealkylation sites (N-methyl/N-ethyl adjacent to an activating group) is 1. The number of imidazole rings is 1. The summed E-state index contributed by atoms with van der Waals surface area (Å²) in [5.41, 5.74) is 2.23. The summed E-state index contributed by atoms with van der Waals surface area (Å²) in [7, 11) is 5.69. The molecule has 1 aromatic carbocycles. The van der Waals surface area contributed by atoms with E-state index in [-0.39, 0.29) is 18.1 Å². The minimum Gasteiger partial charge on any atom is -0.365 e. The van der Waals surface area contributed by atoms with E-state index in [1.165, 1.54) is 5.52 Å². The third kappa shape index (κ3) is 3.07. The van der Waals surface area contributed by atoms with E-state index in [1.807, 2.05) is 6.07 Å². The average molecular weight is 356 g/mol. The summed E-state index contributed by atoms with van der Waals surface area (Å²) in [5.74, 6) is 1.70. The summed E-state index contributed by atoms with van der Waals surface area (Å²) >= 11 is 0. The number of amides is 1. The van der Waals surface area contributed by atoms with Gasteiger partial charge in [-0.25, -0.2) is 4.98 Å². The van der Waals surface area contributed by atoms with Gasteiger partial charge in [0.15, 0.2) is 0 Å². The van der Waals surface area contributed by atoms with Crippen molar-refractivity contribution in [1.29, 1.82) is 0 Å². The highest BCUT2D eigenvalue weighted by Crippen LogP contribution is 2.34. The van der Waals surface area contributed by atoms with E-state index >= 15 is 0 Å². The summed E-state index contributed by atoms with van der Waals surface area (Å²) in [5, 5.41) is 0. The van der Waals surface area contributed by atoms with Gasteiger partial charge in [-0.05, 0) is 43.7 Å². The second kappa shape index (κ2) is 6.91. The van der Waals surface area contributed by atoms with Crippen LogP contribution in [0.5, 0.6) is 0 Å². The molecule has 4 rings (SSSR count). The lowest BCUT2D eigenvalue weighted by Gasteiger charge is -2.35. The van der Waals surface area contributed by atoms with Crippen LogP contribution in [0, 0.1) is 5.92 Å². The van der Waals surface area contributed by atoms with Gasteiger partial charge in [0.25, 0.3) is 5.91 Å². The van der Waals surface area contributed by atoms with Crippen molar-refractivity contribution >= 4 is 22.9 Å². The number of piperidine rings is 1. The van der Waals surface area contributed by atoms with Gasteiger partial charge >= 0.3 is 0 Å². The van der Waals surface area contributed by atoms with Crippen molar-refractivity contribution in [2.75, 3.05) is 32.1 Å². The molecule has 1 amide bonds. The van der Waals surface area contributed by atoms with E-state index in [0.29, 0.717) is 5.92 Å². The van der Waals surface area contributed by atoms with Crippen LogP contribution in [0.1, 0.15) is 25.7 Å². The first-order valence-electron chi connectivity index (χ1n) is 9.57. The maximum absolute atomic E-state index is 12.1. The summed E-state index contributed by atoms with van der Waals surface area (Å²) in [4.78, 5) is 21.0. The Morgan fingerprint density at radius 2 is 1.88 bits per heavy atom. The van der Waals surface area contributed by atoms with Gasteiger partial charge in [-0.15, -0.1) is 0 Å². The number of ether oxygens (including phenoxy) is 1. The molecular weight excluding hydrogens is 328 g/mol. The number of carbonyl (C=O) groups excluding carboxylic acids is 1. The quantitative estimate of drug-likeness (QED) is 0.848. The topological polar surface area (TPSA) is 50.6 Å². The predicted octanol–water partition coefficient (Wildman–Crippen LogP) is 2.43. The van der Waals surface area contributed by atoms with Crippen molar-refractivity contribution in [3.8, 4) is 0 Å². The van der Waals surface area contributed by atoms with Gasteiger partial charge in [-0.3, -0.25) is 4.79 Å². The molecule has 2 saturated heterocycles. The maximum atomic E-state index is 12.1. The van der Waals surface area contributed by atoms with Crippen molar-refractivity contribution in [2.45, 2.75) is 37.9 Å². The molecule has 0 unspecified atom stereocenters. The molecule has 2 fully saturated rings. The molecule has 0 radical (unpaired) electrons. The van der Waals surface area contributed by atoms with E-state index in [0.717, 1.165) is 50.2 Å². The van der Waals surface area contributed by atoms with Crippen molar-refractivity contribution in [2.24, 2.45) is 13.0 Å². The summed E-state index contributed by atoms with van der Waals surface area (Å²) in [6, 6.07) is 8.28. The summed E-state index contributed by atoms with van der Waals surface area (Å²) in [6.45, 7) is 1.99. The fraction of sp³-hybridized carbons (Fsp3) is 0.600. The zero-order valence-electron chi connectivity index (χ0n) is 15.9. The number of hydrogen-bond acceptors (Lipinski definition) is 4. The number of anilines is 1. The van der Waals surface area contributed by atoms with Gasteiger partial charge in [-0.1, -0.05) is 12.1 Å². The van der Waals surface area contributed by atoms with Crippen LogP contribution in [-0.4, -0.2) is 59.8 Å². The molecular formula is C20H28N4O2. The largest absolute Gasteiger partial charge is 0.365 e. The average Bonchev–Trinajstić information content (AvgIpc) is 3.27. The highest BCUT2D eigenvalue weighted by molar-refractivity contribution is 5.80. The number of para-hydroxylation sites is 2. The van der Waals surface area contributed by atoms with Crippen LogP contribution in [0.3, 0.4) is 0 Å². The smallest absolute Gasteiger partial charge is 0.251 e. The van der Waals surface area contributed by atoms with E-state index in [9.17, 15) is 4.79 Å². The second-order valence-corrected chi connectivity index (χ2v) is 7.76. The maximum Gasteiger partial charge on any atom is 0.251 e. The zero-order valence-corrected chi connectivity index (χ0v) is 15.9. The Bertz CT molecular complexity index is 792. The Kier molecular flexibility index (Phi) is 4.61. The molecule has 6 nitrogen and oxygen atoms in total. The Balaban J connectivity index is 1.38. The van der Waals surface area contributed by atoms with Crippen LogP contribution in [0.4, 0.5) is 5.95 Å². The molecule has 0 N–H and O–H groups in total. The van der Waals surface area contributed by atoms with Gasteiger partial charge in [-0.2, -0.15) is 0 Å². The van der Waals surface area contributed by atoms with Crippen molar-refractivity contribution < 1.29 is 9.53 Å². The molecule has 1 aromatic heterocycles. The van der Waals surface area contributed by atoms with E-state index < -0.39 is 0 Å². The Morgan fingerprint density at radius 3 is 2.58 bits per heavy atom. The lowest BCUT2D eigenvalue weighted by atomic mass is 9.90. The third-order valence-electron chi connectivity index (χ3n) is 5.88. The third-order valence-corrected chi connectivity index (χ3v) is 5.88. The highest BCUT2D eigenvalue weighted by atomic mass is 16.5. The molecule has 2 atom stereocenters. The fourth-order valence-electron chi connectivity index (χ4n) is 4.37. The molecule has 2 aliphatic rings. The van der Waals surface area contributed by atoms with Crippen molar-refractivity contribution in [1.82, 2.24) is 14.5 Å². The molecule has 2 aliphatic heterocycles. The van der Waals surface area contributed by atoms with Crippen LogP contribution in [-0.2, 0) is 16.6 Å². The van der Waals surface area contributed by atoms with Crippen molar-refractivity contribution in [3.05, 3.63) is 24.3 Å². The van der Waals surface area contributed by atoms with Gasteiger partial charge in [0.05, 0.1) is 17.1 Å². The number of aromatic nitrogens is 2. The first-order chi connectivity index (χ1) is 12.5. The van der Waals surface area contributed by atoms with Crippen LogP contribution in [0.15, 0.2) is 24.3 Å². The van der Waals surface area contributed by atoms with E-state index in [1.54, 1.807) is 19.0 Å². The number of fused-ring (bicyclic) bond motifs is 1. The van der Waals surface area contributed by atoms with Gasteiger partial charge < -0.3 is 19.1 Å². The van der Waals surface area contributed by atoms with Gasteiger partial charge in [0.1, 0.15) is 6.10 Å². The molecule has 3 heterocycles. The number of aryl methyl sites for hydroxylation is 1. The van der Waals surface area contributed by atoms with Crippen molar-refractivity contribution in [3.63, 3.8) is 0 Å². The second-order valence-electron chi connectivity index (χ2n) is 7.76. The van der Waals surface area contributed by atoms with E-state index in [2.05, 4.69) is 34.7 Å². The molecule has 2 aromatic rings. The molecule has 6 heteroatoms. The number of hydrogen-bond donors (Lipinski definition) is 0. The minimum atomic E-state index is -0.243. The van der Waals surface area contributed by atoms with Gasteiger partial charge in [0.2, 0.25) is 5.95 Å². The number of carbonyl (C=O) groups is 1. The number of nitrogens with zero attached hydrogens (tertiary/aromatic N) is 4. The standard InChI is InChI=1S/C20H28N4O2/c1-22(2)19(25)18-9-8-17(26-18)14-10-12-24(13-11-14)20-21-15-6-4-5-7-16(15)23(20)3/h4-7,14,17-18H,8-13H2,1-3H3/t17-,18+/m0/s1.